The van der Waals surface area contributed by atoms with E-state index >= 15 is 0 Å². The van der Waals surface area contributed by atoms with Crippen molar-refractivity contribution in [1.29, 1.82) is 0 Å². The molecule has 0 aliphatic rings. The molecule has 0 fully saturated rings. The lowest BCUT2D eigenvalue weighted by Gasteiger charge is -2.13. The topological polar surface area (TPSA) is 113 Å². The van der Waals surface area contributed by atoms with Crippen LogP contribution >= 0.6 is 0 Å². The van der Waals surface area contributed by atoms with Gasteiger partial charge in [0.15, 0.2) is 17.3 Å². The van der Waals surface area contributed by atoms with E-state index < -0.39 is 0 Å². The number of nitrogens with one attached hydrogen (secondary N) is 1. The number of benzene rings is 1. The van der Waals surface area contributed by atoms with Crippen LogP contribution in [-0.4, -0.2) is 51.2 Å². The Kier molecular flexibility index (Phi) is 5.45. The lowest BCUT2D eigenvalue weighted by molar-refractivity contribution is 0.0948. The normalized spacial score (nSPS) is 10.4. The molecule has 3 aromatic rings. The first kappa shape index (κ1) is 18.1. The van der Waals surface area contributed by atoms with Gasteiger partial charge >= 0.3 is 0 Å². The Morgan fingerprint density at radius 2 is 2.04 bits per heavy atom. The third-order valence-electron chi connectivity index (χ3n) is 3.76. The number of rotatable bonds is 7. The van der Waals surface area contributed by atoms with Crippen molar-refractivity contribution < 1.29 is 14.3 Å². The average Bonchev–Trinajstić information content (AvgIpc) is 3.23. The Bertz CT molecular complexity index is 983. The second kappa shape index (κ2) is 8.13. The molecule has 0 radical (unpaired) electrons. The molecule has 27 heavy (non-hydrogen) atoms. The Morgan fingerprint density at radius 3 is 2.74 bits per heavy atom. The number of ether oxygens (including phenoxy) is 2. The number of hydrogen-bond acceptors (Lipinski definition) is 7. The van der Waals surface area contributed by atoms with Crippen molar-refractivity contribution in [3.63, 3.8) is 0 Å². The number of nitrogens with zero attached hydrogens (tertiary/aromatic N) is 5. The molecule has 0 saturated heterocycles. The molecule has 1 amide bonds. The van der Waals surface area contributed by atoms with Crippen LogP contribution in [0.1, 0.15) is 10.4 Å². The molecule has 2 heterocycles. The number of methoxy groups -OCH3 is 2. The van der Waals surface area contributed by atoms with Gasteiger partial charge in [0.2, 0.25) is 0 Å². The van der Waals surface area contributed by atoms with Crippen LogP contribution in [0.15, 0.2) is 47.8 Å². The summed E-state index contributed by atoms with van der Waals surface area (Å²) in [4.78, 5) is 28.3. The maximum atomic E-state index is 12.4. The van der Waals surface area contributed by atoms with Crippen LogP contribution in [0.25, 0.3) is 5.82 Å². The highest BCUT2D eigenvalue weighted by Crippen LogP contribution is 2.30. The Balaban J connectivity index is 1.69. The number of carbonyl (C=O) groups excluding carboxylic acids is 1. The van der Waals surface area contributed by atoms with Crippen molar-refractivity contribution in [2.75, 3.05) is 20.8 Å². The SMILES string of the molecule is COc1cccc(C(=O)NCCn2nc(-n3cncn3)ccc2=O)c1OC. The zero-order valence-corrected chi connectivity index (χ0v) is 14.8. The minimum absolute atomic E-state index is 0.194. The highest BCUT2D eigenvalue weighted by Gasteiger charge is 2.16. The summed E-state index contributed by atoms with van der Waals surface area (Å²) in [5.41, 5.74) is 0.0561. The van der Waals surface area contributed by atoms with E-state index in [9.17, 15) is 9.59 Å². The number of hydrogen-bond donors (Lipinski definition) is 1. The standard InChI is InChI=1S/C17H18N6O4/c1-26-13-5-3-4-12(16(13)27-2)17(25)19-8-9-22-15(24)7-6-14(21-22)23-11-18-10-20-23/h3-7,10-11H,8-9H2,1-2H3,(H,19,25). The van der Waals surface area contributed by atoms with Gasteiger partial charge in [-0.15, -0.1) is 5.10 Å². The van der Waals surface area contributed by atoms with Crippen LogP contribution < -0.4 is 20.3 Å². The predicted molar refractivity (Wildman–Crippen MR) is 95.3 cm³/mol. The molecular weight excluding hydrogens is 352 g/mol. The van der Waals surface area contributed by atoms with E-state index in [1.165, 1.54) is 42.3 Å². The van der Waals surface area contributed by atoms with Crippen LogP contribution in [0.3, 0.4) is 0 Å². The predicted octanol–water partition coefficient (Wildman–Crippen LogP) is 0.271. The van der Waals surface area contributed by atoms with E-state index in [1.807, 2.05) is 0 Å². The fourth-order valence-electron chi connectivity index (χ4n) is 2.48. The summed E-state index contributed by atoms with van der Waals surface area (Å²) in [6.07, 6.45) is 2.85. The molecule has 1 aromatic carbocycles. The second-order valence-electron chi connectivity index (χ2n) is 5.39. The van der Waals surface area contributed by atoms with Gasteiger partial charge in [-0.1, -0.05) is 6.07 Å². The lowest BCUT2D eigenvalue weighted by Crippen LogP contribution is -2.32. The monoisotopic (exact) mass is 370 g/mol. The molecule has 1 N–H and O–H groups in total. The van der Waals surface area contributed by atoms with Crippen LogP contribution in [-0.2, 0) is 6.54 Å². The van der Waals surface area contributed by atoms with Crippen molar-refractivity contribution in [3.05, 3.63) is 58.9 Å². The molecule has 2 aromatic heterocycles. The van der Waals surface area contributed by atoms with E-state index in [-0.39, 0.29) is 24.6 Å². The molecular formula is C17H18N6O4. The zero-order valence-electron chi connectivity index (χ0n) is 14.8. The van der Waals surface area contributed by atoms with Gasteiger partial charge in [0.25, 0.3) is 11.5 Å². The van der Waals surface area contributed by atoms with E-state index in [4.69, 9.17) is 9.47 Å². The summed E-state index contributed by atoms with van der Waals surface area (Å²) in [5.74, 6) is 0.920. The Hall–Kier alpha value is -3.69. The molecule has 10 nitrogen and oxygen atoms in total. The van der Waals surface area contributed by atoms with Crippen molar-refractivity contribution in [2.45, 2.75) is 6.54 Å². The van der Waals surface area contributed by atoms with Gasteiger partial charge in [-0.05, 0) is 18.2 Å². The first-order valence-corrected chi connectivity index (χ1v) is 8.06. The van der Waals surface area contributed by atoms with Crippen LogP contribution in [0.4, 0.5) is 0 Å². The van der Waals surface area contributed by atoms with Gasteiger partial charge in [-0.3, -0.25) is 9.59 Å². The molecule has 0 atom stereocenters. The molecule has 0 aliphatic carbocycles. The third kappa shape index (κ3) is 3.94. The van der Waals surface area contributed by atoms with E-state index in [0.717, 1.165) is 0 Å². The van der Waals surface area contributed by atoms with Crippen molar-refractivity contribution in [1.82, 2.24) is 29.9 Å². The highest BCUT2D eigenvalue weighted by atomic mass is 16.5. The minimum atomic E-state index is -0.341. The van der Waals surface area contributed by atoms with Gasteiger partial charge in [-0.25, -0.2) is 14.3 Å². The van der Waals surface area contributed by atoms with Gasteiger partial charge < -0.3 is 14.8 Å². The molecule has 0 spiro atoms. The smallest absolute Gasteiger partial charge is 0.266 e. The van der Waals surface area contributed by atoms with E-state index in [2.05, 4.69) is 20.5 Å². The van der Waals surface area contributed by atoms with E-state index in [1.54, 1.807) is 24.3 Å². The molecule has 0 bridgehead atoms. The number of para-hydroxylation sites is 1. The maximum absolute atomic E-state index is 12.4. The van der Waals surface area contributed by atoms with Crippen molar-refractivity contribution in [2.24, 2.45) is 0 Å². The fourth-order valence-corrected chi connectivity index (χ4v) is 2.48. The number of aromatic nitrogens is 5. The number of amides is 1. The van der Waals surface area contributed by atoms with Gasteiger partial charge in [-0.2, -0.15) is 5.10 Å². The minimum Gasteiger partial charge on any atom is -0.493 e. The quantitative estimate of drug-likeness (QED) is 0.635. The first-order valence-electron chi connectivity index (χ1n) is 8.06. The molecule has 0 unspecified atom stereocenters. The van der Waals surface area contributed by atoms with E-state index in [0.29, 0.717) is 22.9 Å². The zero-order chi connectivity index (χ0) is 19.2. The molecule has 140 valence electrons. The van der Waals surface area contributed by atoms with Crippen LogP contribution in [0.5, 0.6) is 11.5 Å². The van der Waals surface area contributed by atoms with Crippen molar-refractivity contribution in [3.8, 4) is 17.3 Å². The summed E-state index contributed by atoms with van der Waals surface area (Å²) in [6.45, 7) is 0.395. The van der Waals surface area contributed by atoms with Crippen molar-refractivity contribution >= 4 is 5.91 Å². The van der Waals surface area contributed by atoms with Crippen LogP contribution in [0, 0.1) is 0 Å². The second-order valence-corrected chi connectivity index (χ2v) is 5.39. The first-order chi connectivity index (χ1) is 13.1. The molecule has 0 aliphatic heterocycles. The third-order valence-corrected chi connectivity index (χ3v) is 3.76. The summed E-state index contributed by atoms with van der Waals surface area (Å²) < 4.78 is 13.1. The number of carbonyl (C=O) groups is 1. The summed E-state index contributed by atoms with van der Waals surface area (Å²) in [5, 5.41) is 10.9. The average molecular weight is 370 g/mol. The summed E-state index contributed by atoms with van der Waals surface area (Å²) >= 11 is 0. The van der Waals surface area contributed by atoms with Gasteiger partial charge in [0.1, 0.15) is 12.7 Å². The molecule has 0 saturated carbocycles. The fraction of sp³-hybridized carbons (Fsp3) is 0.235. The highest BCUT2D eigenvalue weighted by molar-refractivity contribution is 5.97. The summed E-state index contributed by atoms with van der Waals surface area (Å²) in [7, 11) is 2.97. The largest absolute Gasteiger partial charge is 0.493 e. The Labute approximate surface area is 154 Å². The molecule has 10 heteroatoms. The summed E-state index contributed by atoms with van der Waals surface area (Å²) in [6, 6.07) is 7.97. The molecule has 3 rings (SSSR count). The van der Waals surface area contributed by atoms with Gasteiger partial charge in [0.05, 0.1) is 26.3 Å². The maximum Gasteiger partial charge on any atom is 0.266 e. The van der Waals surface area contributed by atoms with Crippen LogP contribution in [0.2, 0.25) is 0 Å². The lowest BCUT2D eigenvalue weighted by atomic mass is 10.1. The van der Waals surface area contributed by atoms with Gasteiger partial charge in [0, 0.05) is 12.6 Å². The Morgan fingerprint density at radius 1 is 1.19 bits per heavy atom.